The number of ether oxygens (including phenoxy) is 1. The van der Waals surface area contributed by atoms with Crippen molar-refractivity contribution in [2.75, 3.05) is 6.61 Å². The van der Waals surface area contributed by atoms with Crippen molar-refractivity contribution in [2.45, 2.75) is 20.4 Å². The van der Waals surface area contributed by atoms with Crippen molar-refractivity contribution in [2.24, 2.45) is 7.05 Å². The highest BCUT2D eigenvalue weighted by molar-refractivity contribution is 5.75. The highest BCUT2D eigenvalue weighted by Gasteiger charge is 2.26. The van der Waals surface area contributed by atoms with Crippen LogP contribution >= 0.6 is 0 Å². The van der Waals surface area contributed by atoms with Crippen LogP contribution in [0.1, 0.15) is 25.1 Å². The Hall–Kier alpha value is -3.53. The van der Waals surface area contributed by atoms with Crippen LogP contribution in [0.25, 0.3) is 11.1 Å². The molecule has 0 bridgehead atoms. The minimum Gasteiger partial charge on any atom is -0.493 e. The fourth-order valence-corrected chi connectivity index (χ4v) is 2.99. The maximum Gasteiger partial charge on any atom is 0.279 e. The zero-order valence-corrected chi connectivity index (χ0v) is 15.9. The van der Waals surface area contributed by atoms with Gasteiger partial charge in [0, 0.05) is 18.8 Å². The summed E-state index contributed by atoms with van der Waals surface area (Å²) in [6, 6.07) is 8.12. The Bertz CT molecular complexity index is 1120. The molecule has 2 heterocycles. The first kappa shape index (κ1) is 19.2. The summed E-state index contributed by atoms with van der Waals surface area (Å²) in [7, 11) is 1.53. The number of pyridine rings is 1. The monoisotopic (exact) mass is 381 g/mol. The smallest absolute Gasteiger partial charge is 0.279 e. The van der Waals surface area contributed by atoms with Gasteiger partial charge in [0.2, 0.25) is 5.88 Å². The molecule has 0 aliphatic heterocycles. The molecule has 6 nitrogen and oxygen atoms in total. The molecule has 0 radical (unpaired) electrons. The van der Waals surface area contributed by atoms with Crippen LogP contribution in [0.5, 0.6) is 11.6 Å². The number of hydrogen-bond acceptors (Lipinski definition) is 4. The second-order valence-corrected chi connectivity index (χ2v) is 6.05. The average Bonchev–Trinajstić information content (AvgIpc) is 2.87. The lowest BCUT2D eigenvalue weighted by molar-refractivity contribution is 0.339. The third kappa shape index (κ3) is 3.49. The Labute approximate surface area is 161 Å². The van der Waals surface area contributed by atoms with Crippen molar-refractivity contribution in [1.82, 2.24) is 14.3 Å². The van der Waals surface area contributed by atoms with Gasteiger partial charge in [0.15, 0.2) is 0 Å². The van der Waals surface area contributed by atoms with E-state index in [1.807, 2.05) is 0 Å². The molecule has 0 amide bonds. The first-order valence-electron chi connectivity index (χ1n) is 8.76. The van der Waals surface area contributed by atoms with Gasteiger partial charge in [0.25, 0.3) is 5.56 Å². The fraction of sp³-hybridized carbons (Fsp3) is 0.238. The van der Waals surface area contributed by atoms with Gasteiger partial charge < -0.3 is 9.84 Å². The minimum atomic E-state index is -0.688. The van der Waals surface area contributed by atoms with Crippen molar-refractivity contribution in [3.63, 3.8) is 0 Å². The first-order chi connectivity index (χ1) is 13.5. The van der Waals surface area contributed by atoms with Crippen molar-refractivity contribution in [1.29, 1.82) is 0 Å². The number of hydrogen-bond donors (Lipinski definition) is 1. The van der Waals surface area contributed by atoms with E-state index >= 15 is 0 Å². The molecular weight excluding hydrogens is 361 g/mol. The summed E-state index contributed by atoms with van der Waals surface area (Å²) in [5, 5.41) is 10.6. The molecule has 0 unspecified atom stereocenters. The Kier molecular flexibility index (Phi) is 5.50. The number of aromatic hydroxyl groups is 1. The maximum absolute atomic E-state index is 14.9. The van der Waals surface area contributed by atoms with Crippen LogP contribution in [-0.4, -0.2) is 26.1 Å². The normalized spacial score (nSPS) is 10.4. The van der Waals surface area contributed by atoms with Gasteiger partial charge in [0.1, 0.15) is 17.1 Å². The van der Waals surface area contributed by atoms with Crippen LogP contribution in [0.4, 0.5) is 4.39 Å². The van der Waals surface area contributed by atoms with E-state index in [1.54, 1.807) is 44.3 Å². The number of rotatable bonds is 5. The molecule has 3 rings (SSSR count). The van der Waals surface area contributed by atoms with Crippen LogP contribution in [-0.2, 0) is 13.6 Å². The molecule has 7 heteroatoms. The van der Waals surface area contributed by atoms with Crippen molar-refractivity contribution >= 4 is 0 Å². The highest BCUT2D eigenvalue weighted by Crippen LogP contribution is 2.37. The van der Waals surface area contributed by atoms with Gasteiger partial charge in [-0.05, 0) is 38.1 Å². The van der Waals surface area contributed by atoms with E-state index < -0.39 is 11.4 Å². The second kappa shape index (κ2) is 8.01. The van der Waals surface area contributed by atoms with Gasteiger partial charge in [-0.2, -0.15) is 0 Å². The van der Waals surface area contributed by atoms with Crippen LogP contribution in [0.15, 0.2) is 41.3 Å². The molecule has 0 fully saturated rings. The molecule has 1 aromatic carbocycles. The molecule has 0 saturated carbocycles. The fourth-order valence-electron chi connectivity index (χ4n) is 2.99. The molecule has 1 N–H and O–H groups in total. The summed E-state index contributed by atoms with van der Waals surface area (Å²) in [4.78, 5) is 17.2. The molecule has 144 valence electrons. The summed E-state index contributed by atoms with van der Waals surface area (Å²) < 4.78 is 23.1. The topological polar surface area (TPSA) is 69.3 Å². The predicted molar refractivity (Wildman–Crippen MR) is 104 cm³/mol. The summed E-state index contributed by atoms with van der Waals surface area (Å²) in [5.41, 5.74) is 0.281. The number of aromatic nitrogens is 3. The van der Waals surface area contributed by atoms with Crippen molar-refractivity contribution in [3.8, 4) is 34.6 Å². The van der Waals surface area contributed by atoms with Crippen LogP contribution in [0.2, 0.25) is 0 Å². The van der Waals surface area contributed by atoms with Gasteiger partial charge in [-0.3, -0.25) is 14.5 Å². The Morgan fingerprint density at radius 1 is 1.29 bits per heavy atom. The summed E-state index contributed by atoms with van der Waals surface area (Å²) in [6.07, 6.45) is 1.62. The summed E-state index contributed by atoms with van der Waals surface area (Å²) in [5.74, 6) is 4.60. The molecule has 0 aliphatic rings. The Balaban J connectivity index is 2.20. The quantitative estimate of drug-likeness (QED) is 0.690. The lowest BCUT2D eigenvalue weighted by Gasteiger charge is -2.11. The molecule has 0 aliphatic carbocycles. The predicted octanol–water partition coefficient (Wildman–Crippen LogP) is 2.91. The first-order valence-corrected chi connectivity index (χ1v) is 8.76. The van der Waals surface area contributed by atoms with E-state index in [2.05, 4.69) is 16.8 Å². The molecular formula is C21H20FN3O3. The van der Waals surface area contributed by atoms with E-state index in [0.29, 0.717) is 11.3 Å². The number of benzene rings is 1. The van der Waals surface area contributed by atoms with Crippen molar-refractivity contribution in [3.05, 3.63) is 64.0 Å². The van der Waals surface area contributed by atoms with Gasteiger partial charge in [-0.1, -0.05) is 12.0 Å². The third-order valence-electron chi connectivity index (χ3n) is 4.25. The van der Waals surface area contributed by atoms with E-state index in [0.717, 1.165) is 0 Å². The van der Waals surface area contributed by atoms with Gasteiger partial charge in [0.05, 0.1) is 24.4 Å². The van der Waals surface area contributed by atoms with E-state index in [1.165, 1.54) is 22.5 Å². The lowest BCUT2D eigenvalue weighted by Crippen LogP contribution is -2.23. The standard InChI is InChI=1S/C21H20FN3O3/c1-4-8-14-11-16(22)18(17(12-14)28-5-2)19-20(26)24(3)25(21(19)27)13-15-9-6-7-10-23-15/h6-7,9-12,26H,5,13H2,1-3H3. The minimum absolute atomic E-state index is 0.0821. The second-order valence-electron chi connectivity index (χ2n) is 6.05. The van der Waals surface area contributed by atoms with E-state index in [-0.39, 0.29) is 35.9 Å². The van der Waals surface area contributed by atoms with Crippen LogP contribution in [0.3, 0.4) is 0 Å². The van der Waals surface area contributed by atoms with Gasteiger partial charge in [-0.25, -0.2) is 9.07 Å². The molecule has 0 saturated heterocycles. The van der Waals surface area contributed by atoms with Gasteiger partial charge in [-0.15, -0.1) is 5.92 Å². The number of halogens is 1. The molecule has 3 aromatic rings. The Morgan fingerprint density at radius 3 is 2.71 bits per heavy atom. The highest BCUT2D eigenvalue weighted by atomic mass is 19.1. The largest absolute Gasteiger partial charge is 0.493 e. The van der Waals surface area contributed by atoms with E-state index in [4.69, 9.17) is 4.74 Å². The molecule has 0 spiro atoms. The number of nitrogens with zero attached hydrogens (tertiary/aromatic N) is 3. The van der Waals surface area contributed by atoms with Crippen LogP contribution in [0, 0.1) is 17.7 Å². The Morgan fingerprint density at radius 2 is 2.07 bits per heavy atom. The molecule has 28 heavy (non-hydrogen) atoms. The van der Waals surface area contributed by atoms with Crippen LogP contribution < -0.4 is 10.3 Å². The zero-order valence-electron chi connectivity index (χ0n) is 15.9. The average molecular weight is 381 g/mol. The zero-order chi connectivity index (χ0) is 20.3. The lowest BCUT2D eigenvalue weighted by atomic mass is 10.0. The van der Waals surface area contributed by atoms with Gasteiger partial charge >= 0.3 is 0 Å². The van der Waals surface area contributed by atoms with Crippen molar-refractivity contribution < 1.29 is 14.2 Å². The molecule has 2 aromatic heterocycles. The SMILES string of the molecule is CC#Cc1cc(F)c(-c2c(O)n(C)n(Cc3ccccn3)c2=O)c(OCC)c1. The van der Waals surface area contributed by atoms with E-state index in [9.17, 15) is 14.3 Å². The summed E-state index contributed by atoms with van der Waals surface area (Å²) in [6.45, 7) is 3.80. The summed E-state index contributed by atoms with van der Waals surface area (Å²) >= 11 is 0. The maximum atomic E-state index is 14.9. The third-order valence-corrected chi connectivity index (χ3v) is 4.25. The molecule has 0 atom stereocenters.